The number of piperidine rings is 1. The monoisotopic (exact) mass is 477 g/mol. The molecular formula is C23H19F4N3O4. The lowest BCUT2D eigenvalue weighted by Crippen LogP contribution is -2.52. The van der Waals surface area contributed by atoms with Crippen molar-refractivity contribution < 1.29 is 36.7 Å². The summed E-state index contributed by atoms with van der Waals surface area (Å²) >= 11 is 0. The molecule has 1 saturated heterocycles. The molecule has 2 heterocycles. The lowest BCUT2D eigenvalue weighted by Gasteiger charge is -2.29. The Balaban J connectivity index is 1.54. The molecule has 2 aromatic carbocycles. The van der Waals surface area contributed by atoms with Gasteiger partial charge in [-0.25, -0.2) is 4.39 Å². The zero-order valence-corrected chi connectivity index (χ0v) is 17.6. The van der Waals surface area contributed by atoms with Gasteiger partial charge in [0.25, 0.3) is 11.8 Å². The van der Waals surface area contributed by atoms with E-state index >= 15 is 0 Å². The second-order valence-corrected chi connectivity index (χ2v) is 8.14. The van der Waals surface area contributed by atoms with Crippen LogP contribution in [0.1, 0.15) is 57.1 Å². The first kappa shape index (κ1) is 23.4. The highest BCUT2D eigenvalue weighted by atomic mass is 19.4. The quantitative estimate of drug-likeness (QED) is 0.511. The zero-order chi connectivity index (χ0) is 24.6. The Bertz CT molecular complexity index is 1180. The molecule has 0 spiro atoms. The van der Waals surface area contributed by atoms with Crippen molar-refractivity contribution >= 4 is 23.6 Å². The number of carbonyl (C=O) groups excluding carboxylic acids is 4. The molecular weight excluding hydrogens is 458 g/mol. The summed E-state index contributed by atoms with van der Waals surface area (Å²) in [6.07, 6.45) is -5.88. The van der Waals surface area contributed by atoms with Crippen LogP contribution in [0.15, 0.2) is 42.5 Å². The molecule has 2 N–H and O–H groups in total. The number of carbonyl (C=O) groups is 4. The Morgan fingerprint density at radius 3 is 2.56 bits per heavy atom. The van der Waals surface area contributed by atoms with E-state index in [1.54, 1.807) is 0 Å². The van der Waals surface area contributed by atoms with E-state index in [-0.39, 0.29) is 36.1 Å². The van der Waals surface area contributed by atoms with Gasteiger partial charge in [-0.3, -0.25) is 24.5 Å². The van der Waals surface area contributed by atoms with E-state index < -0.39 is 54.1 Å². The highest BCUT2D eigenvalue weighted by Crippen LogP contribution is 2.32. The van der Waals surface area contributed by atoms with Crippen LogP contribution in [0.25, 0.3) is 0 Å². The topological polar surface area (TPSA) is 95.6 Å². The Hall–Kier alpha value is -3.76. The van der Waals surface area contributed by atoms with E-state index in [2.05, 4.69) is 10.6 Å². The summed E-state index contributed by atoms with van der Waals surface area (Å²) < 4.78 is 53.5. The standard InChI is InChI=1S/C23H19F4N3O4/c24-16-4-2-1-3-15(16)17(10-23(25,26)27)28-20(32)12-5-6-14-13(9-12)11-30(22(14)34)18-7-8-19(31)29-21(18)33/h1-6,9,17-18H,7-8,10-11H2,(H,28,32)(H,29,31,33). The average Bonchev–Trinajstić information content (AvgIpc) is 3.08. The third-order valence-electron chi connectivity index (χ3n) is 5.81. The Morgan fingerprint density at radius 1 is 1.15 bits per heavy atom. The fraction of sp³-hybridized carbons (Fsp3) is 0.304. The largest absolute Gasteiger partial charge is 0.391 e. The molecule has 0 aromatic heterocycles. The molecule has 4 rings (SSSR count). The molecule has 7 nitrogen and oxygen atoms in total. The van der Waals surface area contributed by atoms with Crippen LogP contribution in [0.2, 0.25) is 0 Å². The number of nitrogens with one attached hydrogen (secondary N) is 2. The fourth-order valence-corrected chi connectivity index (χ4v) is 4.19. The number of amides is 4. The lowest BCUT2D eigenvalue weighted by molar-refractivity contribution is -0.140. The Labute approximate surface area is 191 Å². The smallest absolute Gasteiger partial charge is 0.345 e. The summed E-state index contributed by atoms with van der Waals surface area (Å²) in [5, 5.41) is 4.42. The summed E-state index contributed by atoms with van der Waals surface area (Å²) in [6.45, 7) is 0.000850. The average molecular weight is 477 g/mol. The number of hydrogen-bond acceptors (Lipinski definition) is 4. The van der Waals surface area contributed by atoms with E-state index in [0.717, 1.165) is 6.07 Å². The second-order valence-electron chi connectivity index (χ2n) is 8.14. The number of alkyl halides is 3. The van der Waals surface area contributed by atoms with Crippen molar-refractivity contribution in [2.45, 2.75) is 44.1 Å². The predicted molar refractivity (Wildman–Crippen MR) is 110 cm³/mol. The number of nitrogens with zero attached hydrogens (tertiary/aromatic N) is 1. The van der Waals surface area contributed by atoms with Crippen LogP contribution in [0.5, 0.6) is 0 Å². The molecule has 178 valence electrons. The molecule has 2 atom stereocenters. The molecule has 4 amide bonds. The summed E-state index contributed by atoms with van der Waals surface area (Å²) in [5.41, 5.74) is 0.358. The molecule has 1 fully saturated rings. The molecule has 0 radical (unpaired) electrons. The number of hydrogen-bond donors (Lipinski definition) is 2. The van der Waals surface area contributed by atoms with Crippen LogP contribution >= 0.6 is 0 Å². The normalized spacial score (nSPS) is 19.0. The van der Waals surface area contributed by atoms with Gasteiger partial charge >= 0.3 is 6.18 Å². The molecule has 2 unspecified atom stereocenters. The minimum absolute atomic E-state index is 0.000850. The third-order valence-corrected chi connectivity index (χ3v) is 5.81. The molecule has 2 aliphatic rings. The van der Waals surface area contributed by atoms with Gasteiger partial charge in [0.05, 0.1) is 12.5 Å². The van der Waals surface area contributed by atoms with Crippen LogP contribution in [0.4, 0.5) is 17.6 Å². The van der Waals surface area contributed by atoms with E-state index in [0.29, 0.717) is 5.56 Å². The summed E-state index contributed by atoms with van der Waals surface area (Å²) in [4.78, 5) is 50.4. The third kappa shape index (κ3) is 4.78. The summed E-state index contributed by atoms with van der Waals surface area (Å²) in [5.74, 6) is -3.20. The highest BCUT2D eigenvalue weighted by molar-refractivity contribution is 6.06. The van der Waals surface area contributed by atoms with Gasteiger partial charge in [-0.2, -0.15) is 13.2 Å². The molecule has 0 bridgehead atoms. The minimum atomic E-state index is -4.66. The van der Waals surface area contributed by atoms with Crippen LogP contribution in [-0.4, -0.2) is 40.7 Å². The van der Waals surface area contributed by atoms with E-state index in [1.165, 1.54) is 41.3 Å². The second kappa shape index (κ2) is 8.88. The lowest BCUT2D eigenvalue weighted by atomic mass is 10.0. The van der Waals surface area contributed by atoms with E-state index in [1.807, 2.05) is 0 Å². The summed E-state index contributed by atoms with van der Waals surface area (Å²) in [6, 6.07) is 6.40. The van der Waals surface area contributed by atoms with Crippen LogP contribution < -0.4 is 10.6 Å². The molecule has 0 saturated carbocycles. The van der Waals surface area contributed by atoms with Gasteiger partial charge < -0.3 is 10.2 Å². The first-order valence-corrected chi connectivity index (χ1v) is 10.4. The SMILES string of the molecule is O=C1CCC(N2Cc3cc(C(=O)NC(CC(F)(F)F)c4ccccc4F)ccc3C2=O)C(=O)N1. The summed E-state index contributed by atoms with van der Waals surface area (Å²) in [7, 11) is 0. The van der Waals surface area contributed by atoms with Gasteiger partial charge in [0, 0.05) is 29.7 Å². The zero-order valence-electron chi connectivity index (χ0n) is 17.6. The maximum absolute atomic E-state index is 14.2. The molecule has 2 aliphatic heterocycles. The number of rotatable bonds is 5. The van der Waals surface area contributed by atoms with Crippen molar-refractivity contribution in [2.24, 2.45) is 0 Å². The van der Waals surface area contributed by atoms with Crippen LogP contribution in [0, 0.1) is 5.82 Å². The molecule has 11 heteroatoms. The van der Waals surface area contributed by atoms with Crippen LogP contribution in [0.3, 0.4) is 0 Å². The first-order valence-electron chi connectivity index (χ1n) is 10.4. The highest BCUT2D eigenvalue weighted by Gasteiger charge is 2.39. The van der Waals surface area contributed by atoms with Gasteiger partial charge in [0.2, 0.25) is 11.8 Å². The predicted octanol–water partition coefficient (Wildman–Crippen LogP) is 3.01. The van der Waals surface area contributed by atoms with Crippen LogP contribution in [-0.2, 0) is 16.1 Å². The maximum Gasteiger partial charge on any atom is 0.391 e. The van der Waals surface area contributed by atoms with Gasteiger partial charge in [-0.15, -0.1) is 0 Å². The first-order chi connectivity index (χ1) is 16.0. The van der Waals surface area contributed by atoms with Crippen molar-refractivity contribution in [3.8, 4) is 0 Å². The number of benzene rings is 2. The minimum Gasteiger partial charge on any atom is -0.345 e. The molecule has 34 heavy (non-hydrogen) atoms. The maximum atomic E-state index is 14.2. The van der Waals surface area contributed by atoms with Crippen molar-refractivity contribution in [3.63, 3.8) is 0 Å². The van der Waals surface area contributed by atoms with Crippen molar-refractivity contribution in [1.82, 2.24) is 15.5 Å². The van der Waals surface area contributed by atoms with Crippen molar-refractivity contribution in [3.05, 3.63) is 70.5 Å². The fourth-order valence-electron chi connectivity index (χ4n) is 4.19. The van der Waals surface area contributed by atoms with Crippen molar-refractivity contribution in [2.75, 3.05) is 0 Å². The van der Waals surface area contributed by atoms with Gasteiger partial charge in [0.1, 0.15) is 11.9 Å². The van der Waals surface area contributed by atoms with Crippen molar-refractivity contribution in [1.29, 1.82) is 0 Å². The Morgan fingerprint density at radius 2 is 1.88 bits per heavy atom. The van der Waals surface area contributed by atoms with E-state index in [9.17, 15) is 36.7 Å². The molecule has 2 aromatic rings. The number of fused-ring (bicyclic) bond motifs is 1. The van der Waals surface area contributed by atoms with Gasteiger partial charge in [0.15, 0.2) is 0 Å². The van der Waals surface area contributed by atoms with Gasteiger partial charge in [-0.05, 0) is 36.2 Å². The van der Waals surface area contributed by atoms with Gasteiger partial charge in [-0.1, -0.05) is 18.2 Å². The van der Waals surface area contributed by atoms with E-state index in [4.69, 9.17) is 0 Å². The molecule has 0 aliphatic carbocycles. The number of halogens is 4. The Kier molecular flexibility index (Phi) is 6.11. The number of imide groups is 1.